The first-order valence-electron chi connectivity index (χ1n) is 8.73. The molecular formula is C22H22N2O4. The van der Waals surface area contributed by atoms with E-state index in [-0.39, 0.29) is 11.9 Å². The van der Waals surface area contributed by atoms with Crippen LogP contribution in [0, 0.1) is 0 Å². The normalized spacial score (nSPS) is 11.4. The van der Waals surface area contributed by atoms with E-state index in [4.69, 9.17) is 14.2 Å². The van der Waals surface area contributed by atoms with Crippen LogP contribution in [-0.4, -0.2) is 32.2 Å². The summed E-state index contributed by atoms with van der Waals surface area (Å²) < 4.78 is 16.0. The molecule has 0 fully saturated rings. The van der Waals surface area contributed by atoms with Crippen molar-refractivity contribution in [2.75, 3.05) is 21.3 Å². The molecule has 144 valence electrons. The van der Waals surface area contributed by atoms with Gasteiger partial charge in [0, 0.05) is 18.0 Å². The number of ether oxygens (including phenoxy) is 3. The number of pyridine rings is 1. The number of aromatic nitrogens is 1. The van der Waals surface area contributed by atoms with Gasteiger partial charge in [-0.1, -0.05) is 36.4 Å². The predicted octanol–water partition coefficient (Wildman–Crippen LogP) is 3.63. The molecule has 0 aliphatic rings. The highest BCUT2D eigenvalue weighted by Crippen LogP contribution is 2.38. The predicted molar refractivity (Wildman–Crippen MR) is 106 cm³/mol. The molecule has 1 atom stereocenters. The minimum atomic E-state index is -0.346. The van der Waals surface area contributed by atoms with E-state index in [2.05, 4.69) is 10.3 Å². The van der Waals surface area contributed by atoms with Gasteiger partial charge in [0.15, 0.2) is 11.5 Å². The van der Waals surface area contributed by atoms with Crippen LogP contribution in [0.5, 0.6) is 17.2 Å². The van der Waals surface area contributed by atoms with Gasteiger partial charge >= 0.3 is 0 Å². The summed E-state index contributed by atoms with van der Waals surface area (Å²) in [6.07, 6.45) is 3.44. The third-order valence-corrected chi connectivity index (χ3v) is 4.35. The van der Waals surface area contributed by atoms with Crippen LogP contribution in [0.15, 0.2) is 67.0 Å². The molecule has 6 nitrogen and oxygen atoms in total. The molecule has 0 saturated carbocycles. The van der Waals surface area contributed by atoms with E-state index >= 15 is 0 Å². The molecule has 1 amide bonds. The minimum Gasteiger partial charge on any atom is -0.493 e. The maximum atomic E-state index is 13.1. The van der Waals surface area contributed by atoms with E-state index in [1.54, 1.807) is 24.5 Å². The van der Waals surface area contributed by atoms with Crippen LogP contribution in [0.25, 0.3) is 0 Å². The number of amides is 1. The topological polar surface area (TPSA) is 69.7 Å². The van der Waals surface area contributed by atoms with Gasteiger partial charge in [-0.05, 0) is 29.3 Å². The van der Waals surface area contributed by atoms with Gasteiger partial charge in [-0.2, -0.15) is 0 Å². The van der Waals surface area contributed by atoms with Crippen LogP contribution >= 0.6 is 0 Å². The van der Waals surface area contributed by atoms with E-state index in [1.807, 2.05) is 42.5 Å². The molecule has 3 aromatic rings. The highest BCUT2D eigenvalue weighted by molar-refractivity contribution is 5.96. The van der Waals surface area contributed by atoms with Crippen molar-refractivity contribution in [3.63, 3.8) is 0 Å². The Morgan fingerprint density at radius 1 is 0.893 bits per heavy atom. The van der Waals surface area contributed by atoms with Crippen LogP contribution in [0.2, 0.25) is 0 Å². The molecule has 0 aliphatic heterocycles. The van der Waals surface area contributed by atoms with Crippen LogP contribution in [0.4, 0.5) is 0 Å². The number of hydrogen-bond acceptors (Lipinski definition) is 5. The Bertz CT molecular complexity index is 865. The first-order chi connectivity index (χ1) is 13.7. The van der Waals surface area contributed by atoms with Gasteiger partial charge in [-0.3, -0.25) is 9.78 Å². The lowest BCUT2D eigenvalue weighted by molar-refractivity contribution is 0.0942. The molecule has 0 aliphatic carbocycles. The standard InChI is InChI=1S/C22H22N2O4/c1-26-18-12-17(13-19(27-2)21(18)28-3)22(25)24-20(15-8-5-4-6-9-15)16-10-7-11-23-14-16/h4-14,20H,1-3H3,(H,24,25). The maximum absolute atomic E-state index is 13.1. The number of nitrogens with one attached hydrogen (secondary N) is 1. The van der Waals surface area contributed by atoms with Gasteiger partial charge in [0.1, 0.15) is 0 Å². The van der Waals surface area contributed by atoms with E-state index in [0.29, 0.717) is 22.8 Å². The van der Waals surface area contributed by atoms with Crippen molar-refractivity contribution in [3.8, 4) is 17.2 Å². The third kappa shape index (κ3) is 4.06. The zero-order chi connectivity index (χ0) is 19.9. The largest absolute Gasteiger partial charge is 0.493 e. The molecule has 6 heteroatoms. The van der Waals surface area contributed by atoms with E-state index in [1.165, 1.54) is 21.3 Å². The van der Waals surface area contributed by atoms with Gasteiger partial charge in [0.2, 0.25) is 5.75 Å². The fraction of sp³-hybridized carbons (Fsp3) is 0.182. The summed E-state index contributed by atoms with van der Waals surface area (Å²) in [7, 11) is 4.55. The molecular weight excluding hydrogens is 356 g/mol. The summed E-state index contributed by atoms with van der Waals surface area (Å²) in [5.74, 6) is 1.01. The average Bonchev–Trinajstić information content (AvgIpc) is 2.77. The van der Waals surface area contributed by atoms with Gasteiger partial charge in [0.25, 0.3) is 5.91 Å². The van der Waals surface area contributed by atoms with Crippen molar-refractivity contribution in [3.05, 3.63) is 83.7 Å². The van der Waals surface area contributed by atoms with Crippen molar-refractivity contribution >= 4 is 5.91 Å². The Morgan fingerprint density at radius 2 is 1.54 bits per heavy atom. The SMILES string of the molecule is COc1cc(C(=O)NC(c2ccccc2)c2cccnc2)cc(OC)c1OC. The second kappa shape index (κ2) is 8.90. The highest BCUT2D eigenvalue weighted by Gasteiger charge is 2.21. The molecule has 3 rings (SSSR count). The lowest BCUT2D eigenvalue weighted by Crippen LogP contribution is -2.29. The average molecular weight is 378 g/mol. The zero-order valence-corrected chi connectivity index (χ0v) is 16.0. The Balaban J connectivity index is 1.97. The Morgan fingerprint density at radius 3 is 2.07 bits per heavy atom. The molecule has 0 spiro atoms. The molecule has 1 N–H and O–H groups in total. The molecule has 1 aromatic heterocycles. The molecule has 1 heterocycles. The summed E-state index contributed by atoms with van der Waals surface area (Å²) >= 11 is 0. The van der Waals surface area contributed by atoms with Crippen molar-refractivity contribution in [1.82, 2.24) is 10.3 Å². The fourth-order valence-corrected chi connectivity index (χ4v) is 2.98. The Labute approximate surface area is 164 Å². The number of methoxy groups -OCH3 is 3. The lowest BCUT2D eigenvalue weighted by Gasteiger charge is -2.20. The third-order valence-electron chi connectivity index (χ3n) is 4.35. The minimum absolute atomic E-state index is 0.267. The summed E-state index contributed by atoms with van der Waals surface area (Å²) in [6, 6.07) is 16.4. The maximum Gasteiger partial charge on any atom is 0.252 e. The van der Waals surface area contributed by atoms with E-state index in [9.17, 15) is 4.79 Å². The van der Waals surface area contributed by atoms with Crippen LogP contribution < -0.4 is 19.5 Å². The molecule has 2 aromatic carbocycles. The fourth-order valence-electron chi connectivity index (χ4n) is 2.98. The Hall–Kier alpha value is -3.54. The Kier molecular flexibility index (Phi) is 6.11. The number of benzene rings is 2. The van der Waals surface area contributed by atoms with Gasteiger partial charge in [0.05, 0.1) is 27.4 Å². The van der Waals surface area contributed by atoms with E-state index in [0.717, 1.165) is 11.1 Å². The molecule has 28 heavy (non-hydrogen) atoms. The molecule has 1 unspecified atom stereocenters. The van der Waals surface area contributed by atoms with Crippen molar-refractivity contribution in [2.45, 2.75) is 6.04 Å². The van der Waals surface area contributed by atoms with Gasteiger partial charge < -0.3 is 19.5 Å². The number of hydrogen-bond donors (Lipinski definition) is 1. The van der Waals surface area contributed by atoms with Crippen LogP contribution in [-0.2, 0) is 0 Å². The summed E-state index contributed by atoms with van der Waals surface area (Å²) in [5.41, 5.74) is 2.24. The van der Waals surface area contributed by atoms with Crippen LogP contribution in [0.1, 0.15) is 27.5 Å². The van der Waals surface area contributed by atoms with Crippen LogP contribution in [0.3, 0.4) is 0 Å². The monoisotopic (exact) mass is 378 g/mol. The summed E-state index contributed by atoms with van der Waals surface area (Å²) in [4.78, 5) is 17.2. The highest BCUT2D eigenvalue weighted by atomic mass is 16.5. The lowest BCUT2D eigenvalue weighted by atomic mass is 9.99. The number of rotatable bonds is 7. The molecule has 0 saturated heterocycles. The smallest absolute Gasteiger partial charge is 0.252 e. The number of carbonyl (C=O) groups excluding carboxylic acids is 1. The first-order valence-corrected chi connectivity index (χ1v) is 8.73. The first kappa shape index (κ1) is 19.2. The zero-order valence-electron chi connectivity index (χ0n) is 16.0. The summed E-state index contributed by atoms with van der Waals surface area (Å²) in [5, 5.41) is 3.08. The van der Waals surface area contributed by atoms with Gasteiger partial charge in [-0.25, -0.2) is 0 Å². The number of nitrogens with zero attached hydrogens (tertiary/aromatic N) is 1. The second-order valence-corrected chi connectivity index (χ2v) is 6.02. The molecule has 0 radical (unpaired) electrons. The van der Waals surface area contributed by atoms with E-state index < -0.39 is 0 Å². The quantitative estimate of drug-likeness (QED) is 0.680. The summed E-state index contributed by atoms with van der Waals surface area (Å²) in [6.45, 7) is 0. The van der Waals surface area contributed by atoms with Crippen molar-refractivity contribution in [2.24, 2.45) is 0 Å². The second-order valence-electron chi connectivity index (χ2n) is 6.02. The van der Waals surface area contributed by atoms with Gasteiger partial charge in [-0.15, -0.1) is 0 Å². The molecule has 0 bridgehead atoms. The number of carbonyl (C=O) groups is 1. The van der Waals surface area contributed by atoms with Crippen molar-refractivity contribution in [1.29, 1.82) is 0 Å². The van der Waals surface area contributed by atoms with Crippen molar-refractivity contribution < 1.29 is 19.0 Å².